The van der Waals surface area contributed by atoms with E-state index in [0.29, 0.717) is 19.0 Å². The van der Waals surface area contributed by atoms with Gasteiger partial charge in [0.25, 0.3) is 0 Å². The van der Waals surface area contributed by atoms with Crippen molar-refractivity contribution in [3.05, 3.63) is 0 Å². The number of rotatable bonds is 7. The van der Waals surface area contributed by atoms with Crippen molar-refractivity contribution in [3.8, 4) is 0 Å². The summed E-state index contributed by atoms with van der Waals surface area (Å²) in [7, 11) is 0. The van der Waals surface area contributed by atoms with Gasteiger partial charge in [0.05, 0.1) is 0 Å². The molecular formula is C17H28N2O2. The molecule has 0 spiro atoms. The van der Waals surface area contributed by atoms with Crippen molar-refractivity contribution in [2.45, 2.75) is 70.3 Å². The first-order chi connectivity index (χ1) is 10.2. The van der Waals surface area contributed by atoms with Crippen molar-refractivity contribution >= 4 is 11.8 Å². The highest BCUT2D eigenvalue weighted by molar-refractivity contribution is 5.81. The molecule has 0 radical (unpaired) electrons. The van der Waals surface area contributed by atoms with E-state index in [1.165, 1.54) is 32.1 Å². The van der Waals surface area contributed by atoms with Crippen LogP contribution in [0.5, 0.6) is 0 Å². The van der Waals surface area contributed by atoms with Gasteiger partial charge in [-0.05, 0) is 56.8 Å². The molecule has 2 N–H and O–H groups in total. The molecule has 0 bridgehead atoms. The van der Waals surface area contributed by atoms with E-state index < -0.39 is 0 Å². The van der Waals surface area contributed by atoms with E-state index in [4.69, 9.17) is 0 Å². The van der Waals surface area contributed by atoms with Crippen LogP contribution in [0.1, 0.15) is 64.2 Å². The second-order valence-corrected chi connectivity index (χ2v) is 7.20. The van der Waals surface area contributed by atoms with Gasteiger partial charge in [-0.1, -0.05) is 12.8 Å². The Kier molecular flexibility index (Phi) is 4.81. The Labute approximate surface area is 127 Å². The smallest absolute Gasteiger partial charge is 0.223 e. The van der Waals surface area contributed by atoms with Gasteiger partial charge < -0.3 is 10.6 Å². The fraction of sp³-hybridized carbons (Fsp3) is 0.882. The molecule has 0 aromatic carbocycles. The van der Waals surface area contributed by atoms with E-state index in [1.54, 1.807) is 0 Å². The van der Waals surface area contributed by atoms with E-state index >= 15 is 0 Å². The Bertz CT molecular complexity index is 388. The molecule has 0 unspecified atom stereocenters. The molecular weight excluding hydrogens is 264 g/mol. The standard InChI is InChI=1S/C17H28N2O2/c20-16(5-2-10-18-17(21)13-8-9-13)19-15-4-1-3-14(11-15)12-6-7-12/h12-15H,1-11H2,(H,18,21)(H,19,20)/t14-,15+/m0/s1. The second kappa shape index (κ2) is 6.80. The van der Waals surface area contributed by atoms with E-state index in [9.17, 15) is 9.59 Å². The maximum atomic E-state index is 12.0. The first-order valence-electron chi connectivity index (χ1n) is 8.79. The number of hydrogen-bond acceptors (Lipinski definition) is 2. The van der Waals surface area contributed by atoms with Crippen LogP contribution in [0.15, 0.2) is 0 Å². The van der Waals surface area contributed by atoms with Crippen LogP contribution in [0.25, 0.3) is 0 Å². The summed E-state index contributed by atoms with van der Waals surface area (Å²) in [5, 5.41) is 6.12. The zero-order chi connectivity index (χ0) is 14.7. The topological polar surface area (TPSA) is 58.2 Å². The molecule has 0 heterocycles. The summed E-state index contributed by atoms with van der Waals surface area (Å²) in [6.45, 7) is 0.637. The predicted octanol–water partition coefficient (Wildman–Crippen LogP) is 2.38. The van der Waals surface area contributed by atoms with Crippen molar-refractivity contribution in [3.63, 3.8) is 0 Å². The summed E-state index contributed by atoms with van der Waals surface area (Å²) < 4.78 is 0. The zero-order valence-corrected chi connectivity index (χ0v) is 12.9. The Morgan fingerprint density at radius 2 is 1.76 bits per heavy atom. The Morgan fingerprint density at radius 3 is 2.48 bits per heavy atom. The van der Waals surface area contributed by atoms with Gasteiger partial charge in [-0.25, -0.2) is 0 Å². The van der Waals surface area contributed by atoms with Crippen LogP contribution < -0.4 is 10.6 Å². The van der Waals surface area contributed by atoms with Gasteiger partial charge in [-0.2, -0.15) is 0 Å². The van der Waals surface area contributed by atoms with Crippen molar-refractivity contribution in [1.82, 2.24) is 10.6 Å². The minimum Gasteiger partial charge on any atom is -0.356 e. The third-order valence-corrected chi connectivity index (χ3v) is 5.20. The van der Waals surface area contributed by atoms with Crippen LogP contribution in [0.4, 0.5) is 0 Å². The average molecular weight is 292 g/mol. The molecule has 4 nitrogen and oxygen atoms in total. The molecule has 3 fully saturated rings. The summed E-state index contributed by atoms with van der Waals surface area (Å²) in [5.74, 6) is 2.43. The molecule has 3 rings (SSSR count). The third-order valence-electron chi connectivity index (χ3n) is 5.20. The van der Waals surface area contributed by atoms with Crippen molar-refractivity contribution in [1.29, 1.82) is 0 Å². The molecule has 0 aliphatic heterocycles. The lowest BCUT2D eigenvalue weighted by atomic mass is 9.82. The molecule has 0 aromatic rings. The van der Waals surface area contributed by atoms with E-state index in [2.05, 4.69) is 10.6 Å². The lowest BCUT2D eigenvalue weighted by molar-refractivity contribution is -0.124. The quantitative estimate of drug-likeness (QED) is 0.708. The largest absolute Gasteiger partial charge is 0.356 e. The number of carbonyl (C=O) groups is 2. The lowest BCUT2D eigenvalue weighted by Crippen LogP contribution is -2.39. The maximum Gasteiger partial charge on any atom is 0.223 e. The van der Waals surface area contributed by atoms with Crippen LogP contribution in [0.2, 0.25) is 0 Å². The highest BCUT2D eigenvalue weighted by atomic mass is 16.2. The SMILES string of the molecule is O=C(CCCNC(=O)C1CC1)N[C@@H]1CCC[C@H](C2CC2)C1. The molecule has 3 aliphatic carbocycles. The number of nitrogens with one attached hydrogen (secondary N) is 2. The molecule has 3 aliphatic rings. The molecule has 4 heteroatoms. The molecule has 2 atom stereocenters. The monoisotopic (exact) mass is 292 g/mol. The third kappa shape index (κ3) is 4.72. The Balaban J connectivity index is 1.27. The predicted molar refractivity (Wildman–Crippen MR) is 81.6 cm³/mol. The molecule has 2 amide bonds. The van der Waals surface area contributed by atoms with Crippen molar-refractivity contribution in [2.75, 3.05) is 6.54 Å². The van der Waals surface area contributed by atoms with Crippen LogP contribution >= 0.6 is 0 Å². The highest BCUT2D eigenvalue weighted by Gasteiger charge is 2.35. The summed E-state index contributed by atoms with van der Waals surface area (Å²) in [5.41, 5.74) is 0. The van der Waals surface area contributed by atoms with E-state index in [0.717, 1.165) is 37.5 Å². The lowest BCUT2D eigenvalue weighted by Gasteiger charge is -2.29. The van der Waals surface area contributed by atoms with Crippen molar-refractivity contribution < 1.29 is 9.59 Å². The van der Waals surface area contributed by atoms with Crippen LogP contribution in [0.3, 0.4) is 0 Å². The first-order valence-corrected chi connectivity index (χ1v) is 8.79. The molecule has 3 saturated carbocycles. The summed E-state index contributed by atoms with van der Waals surface area (Å²) in [4.78, 5) is 23.4. The zero-order valence-electron chi connectivity index (χ0n) is 12.9. The van der Waals surface area contributed by atoms with Crippen LogP contribution in [-0.2, 0) is 9.59 Å². The fourth-order valence-electron chi connectivity index (χ4n) is 3.60. The van der Waals surface area contributed by atoms with Gasteiger partial charge in [0, 0.05) is 24.9 Å². The van der Waals surface area contributed by atoms with Crippen LogP contribution in [0, 0.1) is 17.8 Å². The summed E-state index contributed by atoms with van der Waals surface area (Å²) in [6.07, 6.45) is 11.2. The molecule has 118 valence electrons. The van der Waals surface area contributed by atoms with Gasteiger partial charge in [0.2, 0.25) is 11.8 Å². The fourth-order valence-corrected chi connectivity index (χ4v) is 3.60. The van der Waals surface area contributed by atoms with Gasteiger partial charge in [-0.3, -0.25) is 9.59 Å². The van der Waals surface area contributed by atoms with E-state index in [1.807, 2.05) is 0 Å². The van der Waals surface area contributed by atoms with Gasteiger partial charge >= 0.3 is 0 Å². The van der Waals surface area contributed by atoms with E-state index in [-0.39, 0.29) is 17.7 Å². The number of carbonyl (C=O) groups excluding carboxylic acids is 2. The second-order valence-electron chi connectivity index (χ2n) is 7.20. The van der Waals surface area contributed by atoms with Gasteiger partial charge in [0.1, 0.15) is 0 Å². The first kappa shape index (κ1) is 14.9. The number of amides is 2. The van der Waals surface area contributed by atoms with Gasteiger partial charge in [-0.15, -0.1) is 0 Å². The summed E-state index contributed by atoms with van der Waals surface area (Å²) >= 11 is 0. The minimum absolute atomic E-state index is 0.164. The Morgan fingerprint density at radius 1 is 0.952 bits per heavy atom. The average Bonchev–Trinajstić information content (AvgIpc) is 3.36. The minimum atomic E-state index is 0.164. The molecule has 0 aromatic heterocycles. The Hall–Kier alpha value is -1.06. The maximum absolute atomic E-state index is 12.0. The normalized spacial score (nSPS) is 29.0. The van der Waals surface area contributed by atoms with Crippen molar-refractivity contribution in [2.24, 2.45) is 17.8 Å². The number of hydrogen-bond donors (Lipinski definition) is 2. The van der Waals surface area contributed by atoms with Gasteiger partial charge in [0.15, 0.2) is 0 Å². The highest BCUT2D eigenvalue weighted by Crippen LogP contribution is 2.43. The van der Waals surface area contributed by atoms with Crippen LogP contribution in [-0.4, -0.2) is 24.4 Å². The molecule has 21 heavy (non-hydrogen) atoms. The summed E-state index contributed by atoms with van der Waals surface area (Å²) in [6, 6.07) is 0.401. The molecule has 0 saturated heterocycles.